The maximum Gasteiger partial charge on any atom is 0.138 e. The molecule has 0 aromatic heterocycles. The summed E-state index contributed by atoms with van der Waals surface area (Å²) >= 11 is 9.49. The number of benzene rings is 2. The lowest BCUT2D eigenvalue weighted by Crippen LogP contribution is -1.96. The lowest BCUT2D eigenvalue weighted by atomic mass is 10.2. The molecule has 0 bridgehead atoms. The molecule has 2 aromatic carbocycles. The van der Waals surface area contributed by atoms with Crippen molar-refractivity contribution < 1.29 is 9.94 Å². The van der Waals surface area contributed by atoms with Crippen LogP contribution in [-0.4, -0.2) is 11.4 Å². The fourth-order valence-electron chi connectivity index (χ4n) is 1.57. The molecule has 0 spiro atoms. The Morgan fingerprint density at radius 1 is 1.26 bits per heavy atom. The van der Waals surface area contributed by atoms with E-state index in [1.54, 1.807) is 18.2 Å². The minimum Gasteiger partial charge on any atom is -0.487 e. The monoisotopic (exact) mass is 339 g/mol. The Morgan fingerprint density at radius 3 is 2.79 bits per heavy atom. The van der Waals surface area contributed by atoms with E-state index in [1.165, 1.54) is 6.21 Å². The molecule has 3 nitrogen and oxygen atoms in total. The summed E-state index contributed by atoms with van der Waals surface area (Å²) < 4.78 is 6.66. The third kappa shape index (κ3) is 3.98. The molecule has 0 heterocycles. The molecule has 2 rings (SSSR count). The van der Waals surface area contributed by atoms with E-state index in [-0.39, 0.29) is 0 Å². The molecule has 1 N–H and O–H groups in total. The normalized spacial score (nSPS) is 10.8. The highest BCUT2D eigenvalue weighted by atomic mass is 79.9. The van der Waals surface area contributed by atoms with Crippen molar-refractivity contribution in [2.45, 2.75) is 6.61 Å². The van der Waals surface area contributed by atoms with Crippen LogP contribution in [0.3, 0.4) is 0 Å². The molecule has 0 unspecified atom stereocenters. The molecule has 19 heavy (non-hydrogen) atoms. The van der Waals surface area contributed by atoms with E-state index in [4.69, 9.17) is 21.5 Å². The van der Waals surface area contributed by atoms with Gasteiger partial charge in [-0.05, 0) is 41.5 Å². The molecular weight excluding hydrogens is 330 g/mol. The zero-order chi connectivity index (χ0) is 13.7. The van der Waals surface area contributed by atoms with Gasteiger partial charge in [0.25, 0.3) is 0 Å². The van der Waals surface area contributed by atoms with E-state index < -0.39 is 0 Å². The number of hydrogen-bond donors (Lipinski definition) is 1. The summed E-state index contributed by atoms with van der Waals surface area (Å²) in [5, 5.41) is 11.9. The summed E-state index contributed by atoms with van der Waals surface area (Å²) in [6.45, 7) is 0.437. The fraction of sp³-hybridized carbons (Fsp3) is 0.0714. The van der Waals surface area contributed by atoms with Gasteiger partial charge < -0.3 is 9.94 Å². The number of rotatable bonds is 4. The van der Waals surface area contributed by atoms with E-state index in [1.807, 2.05) is 24.3 Å². The number of halogens is 2. The van der Waals surface area contributed by atoms with Crippen LogP contribution in [0.25, 0.3) is 0 Å². The lowest BCUT2D eigenvalue weighted by molar-refractivity contribution is 0.306. The van der Waals surface area contributed by atoms with Gasteiger partial charge in [0.15, 0.2) is 0 Å². The predicted octanol–water partition coefficient (Wildman–Crippen LogP) is 4.49. The first-order chi connectivity index (χ1) is 9.19. The summed E-state index contributed by atoms with van der Waals surface area (Å²) in [5.41, 5.74) is 1.76. The second-order valence-electron chi connectivity index (χ2n) is 3.85. The molecule has 2 aromatic rings. The van der Waals surface area contributed by atoms with Gasteiger partial charge in [-0.25, -0.2) is 0 Å². The van der Waals surface area contributed by atoms with Gasteiger partial charge in [-0.1, -0.05) is 44.8 Å². The van der Waals surface area contributed by atoms with E-state index in [2.05, 4.69) is 21.1 Å². The Labute approximate surface area is 124 Å². The van der Waals surface area contributed by atoms with Gasteiger partial charge in [-0.2, -0.15) is 0 Å². The molecule has 0 saturated heterocycles. The van der Waals surface area contributed by atoms with Gasteiger partial charge in [0.2, 0.25) is 0 Å². The second kappa shape index (κ2) is 6.59. The van der Waals surface area contributed by atoms with Gasteiger partial charge in [0.1, 0.15) is 12.4 Å². The molecule has 0 radical (unpaired) electrons. The molecular formula is C14H11BrClNO2. The molecule has 0 aliphatic rings. The first-order valence-corrected chi connectivity index (χ1v) is 6.70. The van der Waals surface area contributed by atoms with Crippen molar-refractivity contribution >= 4 is 33.7 Å². The zero-order valence-electron chi connectivity index (χ0n) is 9.88. The Balaban J connectivity index is 2.07. The Hall–Kier alpha value is -1.52. The second-order valence-corrected chi connectivity index (χ2v) is 5.18. The lowest BCUT2D eigenvalue weighted by Gasteiger charge is -2.08. The fourth-order valence-corrected chi connectivity index (χ4v) is 2.26. The van der Waals surface area contributed by atoms with Crippen LogP contribution in [0.15, 0.2) is 52.1 Å². The van der Waals surface area contributed by atoms with E-state index in [0.29, 0.717) is 22.9 Å². The molecule has 5 heteroatoms. The molecule has 0 saturated carbocycles. The molecule has 0 atom stereocenters. The van der Waals surface area contributed by atoms with Crippen LogP contribution < -0.4 is 4.74 Å². The summed E-state index contributed by atoms with van der Waals surface area (Å²) in [5.74, 6) is 0.594. The standard InChI is InChI=1S/C14H11BrClNO2/c15-12-3-1-2-11(6-12)9-19-14-5-4-10(8-17-18)7-13(14)16/h1-8,18H,9H2/b17-8-. The number of ether oxygens (including phenoxy) is 1. The van der Waals surface area contributed by atoms with Gasteiger partial charge in [0.05, 0.1) is 11.2 Å². The summed E-state index contributed by atoms with van der Waals surface area (Å²) in [6, 6.07) is 13.1. The average molecular weight is 341 g/mol. The van der Waals surface area contributed by atoms with Crippen molar-refractivity contribution in [1.82, 2.24) is 0 Å². The Morgan fingerprint density at radius 2 is 2.11 bits per heavy atom. The highest BCUT2D eigenvalue weighted by molar-refractivity contribution is 9.10. The summed E-state index contributed by atoms with van der Waals surface area (Å²) in [4.78, 5) is 0. The van der Waals surface area contributed by atoms with Crippen molar-refractivity contribution in [3.63, 3.8) is 0 Å². The number of oxime groups is 1. The third-order valence-electron chi connectivity index (χ3n) is 2.45. The van der Waals surface area contributed by atoms with Crippen LogP contribution >= 0.6 is 27.5 Å². The molecule has 0 aliphatic carbocycles. The highest BCUT2D eigenvalue weighted by Gasteiger charge is 2.03. The maximum absolute atomic E-state index is 8.45. The topological polar surface area (TPSA) is 41.8 Å². The zero-order valence-corrected chi connectivity index (χ0v) is 12.2. The van der Waals surface area contributed by atoms with Crippen molar-refractivity contribution in [3.8, 4) is 5.75 Å². The van der Waals surface area contributed by atoms with Crippen LogP contribution in [0.1, 0.15) is 11.1 Å². The molecule has 0 aliphatic heterocycles. The maximum atomic E-state index is 8.45. The van der Waals surface area contributed by atoms with Crippen molar-refractivity contribution in [2.24, 2.45) is 5.16 Å². The Kier molecular flexibility index (Phi) is 4.82. The summed E-state index contributed by atoms with van der Waals surface area (Å²) in [7, 11) is 0. The van der Waals surface area contributed by atoms with Crippen molar-refractivity contribution in [3.05, 3.63) is 63.1 Å². The number of nitrogens with zero attached hydrogens (tertiary/aromatic N) is 1. The summed E-state index contributed by atoms with van der Waals surface area (Å²) in [6.07, 6.45) is 1.31. The highest BCUT2D eigenvalue weighted by Crippen LogP contribution is 2.26. The molecule has 0 amide bonds. The minimum atomic E-state index is 0.437. The van der Waals surface area contributed by atoms with Gasteiger partial charge in [0, 0.05) is 4.47 Å². The minimum absolute atomic E-state index is 0.437. The first kappa shape index (κ1) is 13.9. The SMILES string of the molecule is O/N=C\c1ccc(OCc2cccc(Br)c2)c(Cl)c1. The van der Waals surface area contributed by atoms with Crippen LogP contribution in [0.4, 0.5) is 0 Å². The van der Waals surface area contributed by atoms with Crippen LogP contribution in [0.2, 0.25) is 5.02 Å². The molecule has 0 fully saturated rings. The van der Waals surface area contributed by atoms with Gasteiger partial charge in [-0.15, -0.1) is 0 Å². The number of hydrogen-bond acceptors (Lipinski definition) is 3. The van der Waals surface area contributed by atoms with E-state index in [0.717, 1.165) is 10.0 Å². The van der Waals surface area contributed by atoms with Crippen LogP contribution in [0, 0.1) is 0 Å². The Bertz CT molecular complexity index is 602. The van der Waals surface area contributed by atoms with Crippen molar-refractivity contribution in [1.29, 1.82) is 0 Å². The van der Waals surface area contributed by atoms with E-state index >= 15 is 0 Å². The largest absolute Gasteiger partial charge is 0.487 e. The van der Waals surface area contributed by atoms with Gasteiger partial charge in [-0.3, -0.25) is 0 Å². The quantitative estimate of drug-likeness (QED) is 0.506. The predicted molar refractivity (Wildman–Crippen MR) is 79.3 cm³/mol. The third-order valence-corrected chi connectivity index (χ3v) is 3.23. The van der Waals surface area contributed by atoms with Crippen molar-refractivity contribution in [2.75, 3.05) is 0 Å². The first-order valence-electron chi connectivity index (χ1n) is 5.53. The van der Waals surface area contributed by atoms with Crippen LogP contribution in [-0.2, 0) is 6.61 Å². The molecule has 98 valence electrons. The smallest absolute Gasteiger partial charge is 0.138 e. The average Bonchev–Trinajstić information content (AvgIpc) is 2.38. The van der Waals surface area contributed by atoms with Crippen LogP contribution in [0.5, 0.6) is 5.75 Å². The van der Waals surface area contributed by atoms with E-state index in [9.17, 15) is 0 Å². The van der Waals surface area contributed by atoms with Gasteiger partial charge >= 0.3 is 0 Å².